The molecule has 1 N–H and O–H groups in total. The van der Waals surface area contributed by atoms with Crippen LogP contribution >= 0.6 is 0 Å². The van der Waals surface area contributed by atoms with Gasteiger partial charge in [0.1, 0.15) is 17.7 Å². The van der Waals surface area contributed by atoms with Gasteiger partial charge >= 0.3 is 0 Å². The van der Waals surface area contributed by atoms with Gasteiger partial charge in [0.25, 0.3) is 0 Å². The quantitative estimate of drug-likeness (QED) is 0.604. The molecule has 1 aliphatic heterocycles. The van der Waals surface area contributed by atoms with Crippen LogP contribution in [0.2, 0.25) is 0 Å². The van der Waals surface area contributed by atoms with Crippen LogP contribution in [0.5, 0.6) is 0 Å². The highest BCUT2D eigenvalue weighted by molar-refractivity contribution is 5.74. The molecule has 0 aromatic carbocycles. The first-order valence-electron chi connectivity index (χ1n) is 9.06. The van der Waals surface area contributed by atoms with E-state index in [1.54, 1.807) is 12.4 Å². The first-order chi connectivity index (χ1) is 13.3. The predicted octanol–water partition coefficient (Wildman–Crippen LogP) is 2.50. The van der Waals surface area contributed by atoms with E-state index in [2.05, 4.69) is 47.4 Å². The summed E-state index contributed by atoms with van der Waals surface area (Å²) in [5, 5.41) is 17.9. The number of hydrogen-bond donors (Lipinski definition) is 1. The number of nitrogens with zero attached hydrogens (tertiary/aromatic N) is 7. The van der Waals surface area contributed by atoms with Crippen molar-refractivity contribution in [2.75, 3.05) is 18.0 Å². The zero-order valence-electron chi connectivity index (χ0n) is 14.9. The molecule has 8 heteroatoms. The summed E-state index contributed by atoms with van der Waals surface area (Å²) >= 11 is 0. The Balaban J connectivity index is 1.55. The minimum Gasteiger partial charge on any atom is -0.356 e. The maximum absolute atomic E-state index is 8.98. The Morgan fingerprint density at radius 1 is 1.19 bits per heavy atom. The molecule has 2 atom stereocenters. The van der Waals surface area contributed by atoms with Gasteiger partial charge in [-0.15, -0.1) is 10.2 Å². The van der Waals surface area contributed by atoms with E-state index in [0.29, 0.717) is 11.5 Å². The topological polar surface area (TPSA) is 98.8 Å². The minimum atomic E-state index is 0.253. The van der Waals surface area contributed by atoms with E-state index in [1.807, 2.05) is 24.4 Å². The largest absolute Gasteiger partial charge is 0.356 e. The number of H-pyrrole nitrogens is 1. The van der Waals surface area contributed by atoms with Crippen LogP contribution in [0.4, 0.5) is 5.82 Å². The second-order valence-electron chi connectivity index (χ2n) is 6.92. The van der Waals surface area contributed by atoms with E-state index in [9.17, 15) is 0 Å². The highest BCUT2D eigenvalue weighted by Gasteiger charge is 2.36. The average Bonchev–Trinajstić information content (AvgIpc) is 3.43. The van der Waals surface area contributed by atoms with Gasteiger partial charge in [0.2, 0.25) is 0 Å². The van der Waals surface area contributed by atoms with Crippen LogP contribution in [0.15, 0.2) is 36.8 Å². The molecule has 0 amide bonds. The van der Waals surface area contributed by atoms with Gasteiger partial charge in [-0.1, -0.05) is 13.3 Å². The van der Waals surface area contributed by atoms with Gasteiger partial charge in [0, 0.05) is 31.4 Å². The summed E-state index contributed by atoms with van der Waals surface area (Å²) in [6.07, 6.45) is 6.32. The molecular weight excluding hydrogens is 340 g/mol. The van der Waals surface area contributed by atoms with Gasteiger partial charge in [0.15, 0.2) is 11.3 Å². The van der Waals surface area contributed by atoms with Gasteiger partial charge in [-0.05, 0) is 24.1 Å². The molecule has 2 unspecified atom stereocenters. The highest BCUT2D eigenvalue weighted by atomic mass is 15.3. The Labute approximate surface area is 155 Å². The second-order valence-corrected chi connectivity index (χ2v) is 6.92. The zero-order valence-corrected chi connectivity index (χ0v) is 14.9. The minimum absolute atomic E-state index is 0.253. The van der Waals surface area contributed by atoms with E-state index in [0.717, 1.165) is 48.0 Å². The maximum Gasteiger partial charge on any atom is 0.179 e. The first kappa shape index (κ1) is 15.8. The molecular formula is C19H18N8. The summed E-state index contributed by atoms with van der Waals surface area (Å²) < 4.78 is 2.11. The SMILES string of the molecule is CCC1CN(c2ccc(C#N)cn2)CC1c1nnc2cnc3[nH]ccc3n12. The zero-order chi connectivity index (χ0) is 18.4. The molecule has 27 heavy (non-hydrogen) atoms. The summed E-state index contributed by atoms with van der Waals surface area (Å²) in [6, 6.07) is 7.87. The standard InChI is InChI=1S/C19H18N8/c1-2-13-10-26(16-4-3-12(7-20)8-22-16)11-14(13)19-25-24-17-9-23-18-15(27(17)19)5-6-21-18/h3-6,8-9,13-14,21H,2,10-11H2,1H3. The Kier molecular flexibility index (Phi) is 3.53. The Morgan fingerprint density at radius 3 is 2.89 bits per heavy atom. The molecule has 1 saturated heterocycles. The van der Waals surface area contributed by atoms with Crippen LogP contribution in [0, 0.1) is 17.2 Å². The van der Waals surface area contributed by atoms with E-state index in [1.165, 1.54) is 0 Å². The number of anilines is 1. The monoisotopic (exact) mass is 358 g/mol. The third-order valence-electron chi connectivity index (χ3n) is 5.47. The number of rotatable bonds is 3. The van der Waals surface area contributed by atoms with Crippen molar-refractivity contribution in [3.05, 3.63) is 48.2 Å². The highest BCUT2D eigenvalue weighted by Crippen LogP contribution is 2.36. The lowest BCUT2D eigenvalue weighted by atomic mass is 9.93. The number of nitriles is 1. The molecule has 0 saturated carbocycles. The van der Waals surface area contributed by atoms with E-state index < -0.39 is 0 Å². The lowest BCUT2D eigenvalue weighted by molar-refractivity contribution is 0.484. The summed E-state index contributed by atoms with van der Waals surface area (Å²) in [5.41, 5.74) is 3.17. The predicted molar refractivity (Wildman–Crippen MR) is 100 cm³/mol. The van der Waals surface area contributed by atoms with E-state index >= 15 is 0 Å². The average molecular weight is 358 g/mol. The van der Waals surface area contributed by atoms with Gasteiger partial charge in [-0.3, -0.25) is 4.40 Å². The van der Waals surface area contributed by atoms with Crippen molar-refractivity contribution in [1.82, 2.24) is 29.5 Å². The molecule has 4 aromatic heterocycles. The maximum atomic E-state index is 8.98. The van der Waals surface area contributed by atoms with Crippen molar-refractivity contribution in [3.8, 4) is 6.07 Å². The summed E-state index contributed by atoms with van der Waals surface area (Å²) in [5.74, 6) is 2.58. The van der Waals surface area contributed by atoms with Crippen LogP contribution in [0.25, 0.3) is 16.8 Å². The molecule has 134 valence electrons. The molecule has 1 fully saturated rings. The molecule has 8 nitrogen and oxygen atoms in total. The van der Waals surface area contributed by atoms with Crippen molar-refractivity contribution in [2.24, 2.45) is 5.92 Å². The Morgan fingerprint density at radius 2 is 2.11 bits per heavy atom. The fourth-order valence-corrected chi connectivity index (χ4v) is 4.04. The van der Waals surface area contributed by atoms with Crippen molar-refractivity contribution in [2.45, 2.75) is 19.3 Å². The van der Waals surface area contributed by atoms with Crippen LogP contribution in [0.1, 0.15) is 30.7 Å². The lowest BCUT2D eigenvalue weighted by Crippen LogP contribution is -2.21. The van der Waals surface area contributed by atoms with Crippen molar-refractivity contribution in [3.63, 3.8) is 0 Å². The Bertz CT molecular complexity index is 1150. The number of aromatic amines is 1. The van der Waals surface area contributed by atoms with Crippen LogP contribution in [-0.4, -0.2) is 42.6 Å². The number of pyridine rings is 1. The fourth-order valence-electron chi connectivity index (χ4n) is 4.04. The second kappa shape index (κ2) is 6.06. The molecule has 0 bridgehead atoms. The Hall–Kier alpha value is -3.47. The molecule has 0 radical (unpaired) electrons. The number of fused-ring (bicyclic) bond motifs is 3. The van der Waals surface area contributed by atoms with E-state index in [4.69, 9.17) is 5.26 Å². The van der Waals surface area contributed by atoms with Gasteiger partial charge in [-0.2, -0.15) is 5.26 Å². The third-order valence-corrected chi connectivity index (χ3v) is 5.47. The molecule has 1 aliphatic rings. The van der Waals surface area contributed by atoms with E-state index in [-0.39, 0.29) is 5.92 Å². The molecule has 0 aliphatic carbocycles. The normalized spacial score (nSPS) is 19.8. The van der Waals surface area contributed by atoms with Crippen molar-refractivity contribution >= 4 is 22.6 Å². The van der Waals surface area contributed by atoms with Crippen LogP contribution in [0.3, 0.4) is 0 Å². The molecule has 5 rings (SSSR count). The van der Waals surface area contributed by atoms with Crippen molar-refractivity contribution < 1.29 is 0 Å². The third kappa shape index (κ3) is 2.43. The molecule has 0 spiro atoms. The smallest absolute Gasteiger partial charge is 0.179 e. The summed E-state index contributed by atoms with van der Waals surface area (Å²) in [6.45, 7) is 3.95. The summed E-state index contributed by atoms with van der Waals surface area (Å²) in [4.78, 5) is 14.3. The van der Waals surface area contributed by atoms with Gasteiger partial charge < -0.3 is 9.88 Å². The van der Waals surface area contributed by atoms with Crippen LogP contribution < -0.4 is 4.90 Å². The molecule has 5 heterocycles. The fraction of sp³-hybridized carbons (Fsp3) is 0.316. The van der Waals surface area contributed by atoms with Gasteiger partial charge in [0.05, 0.1) is 17.3 Å². The van der Waals surface area contributed by atoms with Crippen LogP contribution in [-0.2, 0) is 0 Å². The number of nitrogens with one attached hydrogen (secondary N) is 1. The summed E-state index contributed by atoms with van der Waals surface area (Å²) in [7, 11) is 0. The lowest BCUT2D eigenvalue weighted by Gasteiger charge is -2.17. The molecule has 4 aromatic rings. The number of hydrogen-bond acceptors (Lipinski definition) is 6. The van der Waals surface area contributed by atoms with Crippen molar-refractivity contribution in [1.29, 1.82) is 5.26 Å². The number of aromatic nitrogens is 6. The first-order valence-corrected chi connectivity index (χ1v) is 9.06. The van der Waals surface area contributed by atoms with Gasteiger partial charge in [-0.25, -0.2) is 9.97 Å².